The minimum atomic E-state index is -1.24. The van der Waals surface area contributed by atoms with Crippen LogP contribution in [0.1, 0.15) is 29.8 Å². The second kappa shape index (κ2) is 7.80. The number of benzene rings is 1. The van der Waals surface area contributed by atoms with Crippen LogP contribution < -0.4 is 21.5 Å². The number of ether oxygens (including phenoxy) is 1. The number of primary amides is 1. The van der Waals surface area contributed by atoms with Crippen molar-refractivity contribution in [2.45, 2.75) is 37.1 Å². The average Bonchev–Trinajstić information content (AvgIpc) is 3.35. The van der Waals surface area contributed by atoms with E-state index in [1.807, 2.05) is 11.8 Å². The number of carbonyl (C=O) groups is 3. The molecule has 0 radical (unpaired) electrons. The third-order valence-corrected chi connectivity index (χ3v) is 5.72. The standard InChI is InChI=1S/C19H27BN4O6/c1-18(8-20-18)11-3-4-12(14(15(11)26)16(27)28)30-10-6-24(7-10)9-19(2,22)17(29)23-5-13(21)25/h3-4,10,20,26H,5-9,22H2,1-2H3,(H2,21,25)(H,23,29)(H,27,28)/t18-,19-/m1/s1. The van der Waals surface area contributed by atoms with Crippen molar-refractivity contribution in [3.8, 4) is 11.5 Å². The molecular weight excluding hydrogens is 391 g/mol. The second-order valence-corrected chi connectivity index (χ2v) is 8.70. The van der Waals surface area contributed by atoms with E-state index in [0.29, 0.717) is 18.7 Å². The highest BCUT2D eigenvalue weighted by atomic mass is 16.5. The lowest BCUT2D eigenvalue weighted by atomic mass is 9.81. The molecule has 2 aliphatic rings. The largest absolute Gasteiger partial charge is 0.507 e. The summed E-state index contributed by atoms with van der Waals surface area (Å²) in [4.78, 5) is 36.5. The van der Waals surface area contributed by atoms with Gasteiger partial charge in [-0.25, -0.2) is 4.79 Å². The summed E-state index contributed by atoms with van der Waals surface area (Å²) in [7, 11) is 0.905. The summed E-state index contributed by atoms with van der Waals surface area (Å²) in [5.41, 5.74) is 10.2. The van der Waals surface area contributed by atoms with Gasteiger partial charge < -0.3 is 31.7 Å². The lowest BCUT2D eigenvalue weighted by Gasteiger charge is -2.42. The van der Waals surface area contributed by atoms with Crippen LogP contribution >= 0.6 is 0 Å². The van der Waals surface area contributed by atoms with Crippen LogP contribution in [0, 0.1) is 0 Å². The predicted molar refractivity (Wildman–Crippen MR) is 110 cm³/mol. The second-order valence-electron chi connectivity index (χ2n) is 8.70. The maximum absolute atomic E-state index is 12.1. The number of hydrogen-bond acceptors (Lipinski definition) is 7. The van der Waals surface area contributed by atoms with Crippen molar-refractivity contribution < 1.29 is 29.3 Å². The molecule has 2 atom stereocenters. The number of amides is 2. The van der Waals surface area contributed by atoms with E-state index in [2.05, 4.69) is 5.32 Å². The number of rotatable bonds is 9. The van der Waals surface area contributed by atoms with Crippen molar-refractivity contribution in [1.29, 1.82) is 0 Å². The van der Waals surface area contributed by atoms with Crippen LogP contribution in [0.25, 0.3) is 0 Å². The monoisotopic (exact) mass is 418 g/mol. The average molecular weight is 418 g/mol. The maximum atomic E-state index is 12.1. The highest BCUT2D eigenvalue weighted by molar-refractivity contribution is 6.54. The smallest absolute Gasteiger partial charge is 0.343 e. The Bertz CT molecular complexity index is 880. The molecule has 1 aromatic rings. The molecule has 2 fully saturated rings. The van der Waals surface area contributed by atoms with E-state index < -0.39 is 23.3 Å². The van der Waals surface area contributed by atoms with Crippen LogP contribution in [0.15, 0.2) is 12.1 Å². The first-order chi connectivity index (χ1) is 13.9. The fourth-order valence-corrected chi connectivity index (χ4v) is 3.63. The lowest BCUT2D eigenvalue weighted by molar-refractivity contribution is -0.129. The molecule has 162 valence electrons. The quantitative estimate of drug-likeness (QED) is 0.304. The summed E-state index contributed by atoms with van der Waals surface area (Å²) >= 11 is 0. The number of carboxylic acids is 1. The number of hydrogen-bond donors (Lipinski definition) is 5. The van der Waals surface area contributed by atoms with Gasteiger partial charge in [0.05, 0.1) is 6.54 Å². The minimum Gasteiger partial charge on any atom is -0.507 e. The molecule has 2 heterocycles. The first-order valence-electron chi connectivity index (χ1n) is 9.77. The molecule has 0 bridgehead atoms. The Morgan fingerprint density at radius 3 is 2.57 bits per heavy atom. The van der Waals surface area contributed by atoms with Crippen LogP contribution in [-0.2, 0) is 14.9 Å². The number of nitrogens with two attached hydrogens (primary N) is 2. The number of nitrogens with one attached hydrogen (secondary N) is 1. The molecule has 0 saturated carbocycles. The van der Waals surface area contributed by atoms with Crippen molar-refractivity contribution in [3.05, 3.63) is 23.3 Å². The molecule has 0 aliphatic carbocycles. The first-order valence-corrected chi connectivity index (χ1v) is 9.77. The van der Waals surface area contributed by atoms with Gasteiger partial charge in [0.2, 0.25) is 11.8 Å². The Balaban J connectivity index is 1.60. The van der Waals surface area contributed by atoms with Crippen LogP contribution in [0.3, 0.4) is 0 Å². The molecular formula is C19H27BN4O6. The van der Waals surface area contributed by atoms with Crippen LogP contribution in [-0.4, -0.2) is 78.0 Å². The van der Waals surface area contributed by atoms with Gasteiger partial charge in [-0.15, -0.1) is 0 Å². The van der Waals surface area contributed by atoms with E-state index in [1.165, 1.54) is 0 Å². The Morgan fingerprint density at radius 2 is 2.03 bits per heavy atom. The van der Waals surface area contributed by atoms with E-state index in [1.54, 1.807) is 19.1 Å². The fraction of sp³-hybridized carbons (Fsp3) is 0.526. The predicted octanol–water partition coefficient (Wildman–Crippen LogP) is -1.44. The fourth-order valence-electron chi connectivity index (χ4n) is 3.63. The normalized spacial score (nSPS) is 22.9. The molecule has 7 N–H and O–H groups in total. The number of likely N-dealkylation sites (tertiary alicyclic amines) is 1. The highest BCUT2D eigenvalue weighted by Crippen LogP contribution is 2.47. The first kappa shape index (κ1) is 21.9. The zero-order valence-corrected chi connectivity index (χ0v) is 17.1. The maximum Gasteiger partial charge on any atom is 0.343 e. The molecule has 2 aliphatic heterocycles. The zero-order chi connectivity index (χ0) is 22.3. The van der Waals surface area contributed by atoms with Gasteiger partial charge in [0.15, 0.2) is 0 Å². The number of phenols is 1. The molecule has 0 spiro atoms. The van der Waals surface area contributed by atoms with E-state index in [9.17, 15) is 24.6 Å². The van der Waals surface area contributed by atoms with Gasteiger partial charge in [0.25, 0.3) is 0 Å². The third-order valence-electron chi connectivity index (χ3n) is 5.72. The number of nitrogens with zero attached hydrogens (tertiary/aromatic N) is 1. The van der Waals surface area contributed by atoms with Crippen molar-refractivity contribution in [2.24, 2.45) is 11.5 Å². The van der Waals surface area contributed by atoms with E-state index in [0.717, 1.165) is 13.6 Å². The summed E-state index contributed by atoms with van der Waals surface area (Å²) in [5, 5.41) is 22.3. The van der Waals surface area contributed by atoms with E-state index >= 15 is 0 Å². The molecule has 11 heteroatoms. The van der Waals surface area contributed by atoms with Gasteiger partial charge in [-0.05, 0) is 23.9 Å². The van der Waals surface area contributed by atoms with Crippen molar-refractivity contribution in [1.82, 2.24) is 10.2 Å². The van der Waals surface area contributed by atoms with Crippen molar-refractivity contribution in [3.63, 3.8) is 0 Å². The number of carbonyl (C=O) groups excluding carboxylic acids is 2. The molecule has 2 amide bonds. The van der Waals surface area contributed by atoms with Gasteiger partial charge in [0, 0.05) is 19.6 Å². The van der Waals surface area contributed by atoms with Gasteiger partial charge in [-0.1, -0.05) is 19.3 Å². The van der Waals surface area contributed by atoms with Crippen LogP contribution in [0.5, 0.6) is 11.5 Å². The number of aromatic hydroxyl groups is 1. The summed E-state index contributed by atoms with van der Waals surface area (Å²) in [5.74, 6) is -2.52. The zero-order valence-electron chi connectivity index (χ0n) is 17.1. The van der Waals surface area contributed by atoms with Gasteiger partial charge in [-0.3, -0.25) is 14.5 Å². The summed E-state index contributed by atoms with van der Waals surface area (Å²) in [6.07, 6.45) is 0.608. The highest BCUT2D eigenvalue weighted by Gasteiger charge is 2.44. The van der Waals surface area contributed by atoms with E-state index in [-0.39, 0.29) is 41.6 Å². The SMILES string of the molecule is C[C@@](N)(CN1CC(Oc2ccc([C@]3(C)BC3)c(O)c2C(=O)O)C1)C(=O)NCC(N)=O. The number of carboxylic acid groups (broad SMARTS) is 1. The van der Waals surface area contributed by atoms with Crippen LogP contribution in [0.2, 0.25) is 6.32 Å². The van der Waals surface area contributed by atoms with Gasteiger partial charge >= 0.3 is 5.97 Å². The Morgan fingerprint density at radius 1 is 1.40 bits per heavy atom. The molecule has 3 rings (SSSR count). The van der Waals surface area contributed by atoms with Crippen molar-refractivity contribution >= 4 is 25.1 Å². The summed E-state index contributed by atoms with van der Waals surface area (Å²) in [6.45, 7) is 4.36. The van der Waals surface area contributed by atoms with E-state index in [4.69, 9.17) is 16.2 Å². The Hall–Kier alpha value is -2.79. The lowest BCUT2D eigenvalue weighted by Crippen LogP contribution is -2.64. The molecule has 0 aromatic heterocycles. The third kappa shape index (κ3) is 4.52. The number of aromatic carboxylic acids is 1. The molecule has 30 heavy (non-hydrogen) atoms. The van der Waals surface area contributed by atoms with Gasteiger partial charge in [0.1, 0.15) is 36.0 Å². The molecule has 2 saturated heterocycles. The molecule has 0 unspecified atom stereocenters. The Kier molecular flexibility index (Phi) is 5.70. The van der Waals surface area contributed by atoms with Gasteiger partial charge in [-0.2, -0.15) is 0 Å². The summed E-state index contributed by atoms with van der Waals surface area (Å²) in [6, 6.07) is 3.32. The van der Waals surface area contributed by atoms with Crippen molar-refractivity contribution in [2.75, 3.05) is 26.2 Å². The minimum absolute atomic E-state index is 0.118. The molecule has 10 nitrogen and oxygen atoms in total. The molecule has 1 aromatic carbocycles. The summed E-state index contributed by atoms with van der Waals surface area (Å²) < 4.78 is 5.81. The Labute approximate surface area is 174 Å². The topological polar surface area (TPSA) is 168 Å². The van der Waals surface area contributed by atoms with Crippen LogP contribution in [0.4, 0.5) is 0 Å².